The fourth-order valence-electron chi connectivity index (χ4n) is 4.43. The van der Waals surface area contributed by atoms with Gasteiger partial charge in [-0.15, -0.1) is 0 Å². The predicted octanol–water partition coefficient (Wildman–Crippen LogP) is 7.65. The van der Waals surface area contributed by atoms with Gasteiger partial charge in [-0.05, 0) is 73.3 Å². The molecule has 0 amide bonds. The van der Waals surface area contributed by atoms with Crippen LogP contribution in [0.5, 0.6) is 11.5 Å². The smallest absolute Gasteiger partial charge is 0.398 e. The summed E-state index contributed by atoms with van der Waals surface area (Å²) in [5, 5.41) is 0. The summed E-state index contributed by atoms with van der Waals surface area (Å²) in [6.07, 6.45) is 2.57. The zero-order valence-electron chi connectivity index (χ0n) is 18.1. The molecule has 0 atom stereocenters. The van der Waals surface area contributed by atoms with E-state index in [1.807, 2.05) is 12.1 Å². The van der Waals surface area contributed by atoms with E-state index < -0.39 is 24.2 Å². The number of ether oxygens (including phenoxy) is 2. The van der Waals surface area contributed by atoms with Gasteiger partial charge in [-0.25, -0.2) is 4.39 Å². The van der Waals surface area contributed by atoms with Crippen LogP contribution in [0.3, 0.4) is 0 Å². The van der Waals surface area contributed by atoms with Crippen molar-refractivity contribution in [1.29, 1.82) is 0 Å². The lowest BCUT2D eigenvalue weighted by molar-refractivity contribution is -0.180. The van der Waals surface area contributed by atoms with Crippen LogP contribution in [-0.4, -0.2) is 13.2 Å². The van der Waals surface area contributed by atoms with Gasteiger partial charge in [0.2, 0.25) is 5.82 Å². The van der Waals surface area contributed by atoms with Crippen LogP contribution in [0.15, 0.2) is 36.4 Å². The van der Waals surface area contributed by atoms with Crippen molar-refractivity contribution in [2.24, 2.45) is 5.92 Å². The second-order valence-electron chi connectivity index (χ2n) is 8.37. The first kappa shape index (κ1) is 23.4. The maximum absolute atomic E-state index is 14.3. The molecule has 0 radical (unpaired) electrons. The molecule has 1 aliphatic carbocycles. The Hall–Kier alpha value is -2.24. The molecule has 2 nitrogen and oxygen atoms in total. The van der Waals surface area contributed by atoms with Crippen molar-refractivity contribution in [1.82, 2.24) is 0 Å². The van der Waals surface area contributed by atoms with Crippen LogP contribution in [-0.2, 0) is 6.42 Å². The van der Waals surface area contributed by atoms with Gasteiger partial charge in [-0.1, -0.05) is 38.0 Å². The lowest BCUT2D eigenvalue weighted by Gasteiger charge is -2.28. The molecule has 0 unspecified atom stereocenters. The van der Waals surface area contributed by atoms with Crippen LogP contribution < -0.4 is 9.47 Å². The number of hydrogen-bond donors (Lipinski definition) is 0. The summed E-state index contributed by atoms with van der Waals surface area (Å²) in [6, 6.07) is 9.31. The highest BCUT2D eigenvalue weighted by Crippen LogP contribution is 2.38. The topological polar surface area (TPSA) is 18.5 Å². The Bertz CT molecular complexity index is 843. The molecule has 3 rings (SSSR count). The highest BCUT2D eigenvalue weighted by atomic mass is 19.3. The van der Waals surface area contributed by atoms with Crippen molar-refractivity contribution in [3.8, 4) is 11.5 Å². The van der Waals surface area contributed by atoms with E-state index in [1.54, 1.807) is 12.1 Å². The molecule has 0 aliphatic heterocycles. The van der Waals surface area contributed by atoms with Gasteiger partial charge in [0.05, 0.1) is 13.5 Å². The fraction of sp³-hybridized carbons (Fsp3) is 0.520. The van der Waals surface area contributed by atoms with Gasteiger partial charge in [0.25, 0.3) is 0 Å². The van der Waals surface area contributed by atoms with E-state index in [-0.39, 0.29) is 23.5 Å². The Morgan fingerprint density at radius 1 is 0.935 bits per heavy atom. The monoisotopic (exact) mass is 438 g/mol. The van der Waals surface area contributed by atoms with Gasteiger partial charge in [0, 0.05) is 0 Å². The molecule has 1 saturated carbocycles. The van der Waals surface area contributed by atoms with Gasteiger partial charge in [-0.2, -0.15) is 13.2 Å². The average molecular weight is 439 g/mol. The van der Waals surface area contributed by atoms with Crippen LogP contribution in [0.25, 0.3) is 0 Å². The van der Waals surface area contributed by atoms with Crippen molar-refractivity contribution in [3.05, 3.63) is 59.2 Å². The van der Waals surface area contributed by atoms with E-state index in [9.17, 15) is 17.6 Å². The largest absolute Gasteiger partial charge is 0.494 e. The SMILES string of the molecule is CCCC1CCC(c2ccc(OC(F)(F)CCc3ccc(OC)c(F)c3F)cc2)CC1. The minimum Gasteiger partial charge on any atom is -0.494 e. The Balaban J connectivity index is 1.55. The zero-order chi connectivity index (χ0) is 22.4. The molecule has 0 saturated heterocycles. The summed E-state index contributed by atoms with van der Waals surface area (Å²) in [7, 11) is 1.21. The summed E-state index contributed by atoms with van der Waals surface area (Å²) < 4.78 is 65.9. The third kappa shape index (κ3) is 6.14. The molecular formula is C25H30F4O2. The highest BCUT2D eigenvalue weighted by Gasteiger charge is 2.32. The lowest BCUT2D eigenvalue weighted by atomic mass is 9.77. The number of methoxy groups -OCH3 is 1. The number of benzene rings is 2. The van der Waals surface area contributed by atoms with E-state index in [0.717, 1.165) is 24.3 Å². The molecule has 1 fully saturated rings. The number of hydrogen-bond acceptors (Lipinski definition) is 2. The van der Waals surface area contributed by atoms with Crippen LogP contribution in [0.1, 0.15) is 68.9 Å². The van der Waals surface area contributed by atoms with Crippen molar-refractivity contribution >= 4 is 0 Å². The molecule has 6 heteroatoms. The Morgan fingerprint density at radius 3 is 2.23 bits per heavy atom. The molecular weight excluding hydrogens is 408 g/mol. The molecule has 0 bridgehead atoms. The maximum Gasteiger partial charge on any atom is 0.398 e. The molecule has 1 aliphatic rings. The standard InChI is InChI=1S/C25H30F4O2/c1-3-4-17-5-7-18(8-6-17)19-9-12-21(13-10-19)31-25(28,29)16-15-20-11-14-22(30-2)24(27)23(20)26/h9-14,17-18H,3-8,15-16H2,1-2H3. The minimum atomic E-state index is -3.50. The molecule has 2 aromatic rings. The van der Waals surface area contributed by atoms with E-state index in [0.29, 0.717) is 5.92 Å². The highest BCUT2D eigenvalue weighted by molar-refractivity contribution is 5.32. The fourth-order valence-corrected chi connectivity index (χ4v) is 4.43. The van der Waals surface area contributed by atoms with Crippen LogP contribution >= 0.6 is 0 Å². The first-order valence-electron chi connectivity index (χ1n) is 11.0. The van der Waals surface area contributed by atoms with Gasteiger partial charge < -0.3 is 9.47 Å². The van der Waals surface area contributed by atoms with Crippen molar-refractivity contribution in [2.45, 2.75) is 70.3 Å². The zero-order valence-corrected chi connectivity index (χ0v) is 18.1. The normalized spacial score (nSPS) is 19.3. The van der Waals surface area contributed by atoms with Gasteiger partial charge in [0.15, 0.2) is 11.6 Å². The molecule has 0 aromatic heterocycles. The van der Waals surface area contributed by atoms with Gasteiger partial charge in [0.1, 0.15) is 5.75 Å². The number of rotatable bonds is 9. The Labute approximate surface area is 181 Å². The Morgan fingerprint density at radius 2 is 1.61 bits per heavy atom. The summed E-state index contributed by atoms with van der Waals surface area (Å²) in [6.45, 7) is 2.21. The van der Waals surface area contributed by atoms with Gasteiger partial charge >= 0.3 is 6.11 Å². The summed E-state index contributed by atoms with van der Waals surface area (Å²) >= 11 is 0. The molecule has 0 N–H and O–H groups in total. The van der Waals surface area contributed by atoms with E-state index >= 15 is 0 Å². The quantitative estimate of drug-likeness (QED) is 0.374. The van der Waals surface area contributed by atoms with Crippen molar-refractivity contribution < 1.29 is 27.0 Å². The second kappa shape index (κ2) is 10.4. The summed E-state index contributed by atoms with van der Waals surface area (Å²) in [5.41, 5.74) is 1.01. The first-order chi connectivity index (χ1) is 14.8. The number of halogens is 4. The first-order valence-corrected chi connectivity index (χ1v) is 11.0. The molecule has 2 aromatic carbocycles. The summed E-state index contributed by atoms with van der Waals surface area (Å²) in [4.78, 5) is 0. The van der Waals surface area contributed by atoms with Crippen LogP contribution in [0.4, 0.5) is 17.6 Å². The van der Waals surface area contributed by atoms with Crippen LogP contribution in [0.2, 0.25) is 0 Å². The summed E-state index contributed by atoms with van der Waals surface area (Å²) in [5.74, 6) is -1.27. The molecule has 0 heterocycles. The van der Waals surface area contributed by atoms with Crippen LogP contribution in [0, 0.1) is 17.6 Å². The maximum atomic E-state index is 14.3. The van der Waals surface area contributed by atoms with E-state index in [2.05, 4.69) is 11.7 Å². The second-order valence-corrected chi connectivity index (χ2v) is 8.37. The minimum absolute atomic E-state index is 0.0646. The third-order valence-electron chi connectivity index (χ3n) is 6.19. The lowest BCUT2D eigenvalue weighted by Crippen LogP contribution is -2.25. The van der Waals surface area contributed by atoms with E-state index in [1.165, 1.54) is 44.9 Å². The number of aryl methyl sites for hydroxylation is 1. The molecule has 170 valence electrons. The number of alkyl halides is 2. The molecule has 31 heavy (non-hydrogen) atoms. The van der Waals surface area contributed by atoms with Gasteiger partial charge in [-0.3, -0.25) is 0 Å². The van der Waals surface area contributed by atoms with Crippen molar-refractivity contribution in [3.63, 3.8) is 0 Å². The molecule has 0 spiro atoms. The predicted molar refractivity (Wildman–Crippen MR) is 113 cm³/mol. The average Bonchev–Trinajstić information content (AvgIpc) is 2.76. The van der Waals surface area contributed by atoms with E-state index in [4.69, 9.17) is 4.74 Å². The van der Waals surface area contributed by atoms with Crippen molar-refractivity contribution in [2.75, 3.05) is 7.11 Å². The third-order valence-corrected chi connectivity index (χ3v) is 6.19. The Kier molecular flexibility index (Phi) is 7.84.